The number of carbonyl (C=O) groups excluding carboxylic acids is 1. The van der Waals surface area contributed by atoms with Crippen LogP contribution in [0.1, 0.15) is 26.8 Å². The van der Waals surface area contributed by atoms with Gasteiger partial charge in [0, 0.05) is 10.3 Å². The highest BCUT2D eigenvalue weighted by Gasteiger charge is 2.19. The van der Waals surface area contributed by atoms with Crippen LogP contribution in [0.25, 0.3) is 0 Å². The fraction of sp³-hybridized carbons (Fsp3) is 0.0714. The van der Waals surface area contributed by atoms with Crippen LogP contribution >= 0.6 is 34.0 Å². The van der Waals surface area contributed by atoms with Crippen LogP contribution in [0, 0.1) is 0 Å². The maximum Gasteiger partial charge on any atom is 0.252 e. The second-order valence-corrected chi connectivity index (χ2v) is 6.53. The summed E-state index contributed by atoms with van der Waals surface area (Å²) in [5, 5.41) is 13.0. The Hall–Kier alpha value is -1.43. The van der Waals surface area contributed by atoms with Gasteiger partial charge in [-0.25, -0.2) is 0 Å². The highest BCUT2D eigenvalue weighted by atomic mass is 32.1. The van der Waals surface area contributed by atoms with Gasteiger partial charge < -0.3 is 5.32 Å². The zero-order chi connectivity index (χ0) is 13.1. The van der Waals surface area contributed by atoms with E-state index in [1.807, 2.05) is 33.7 Å². The molecular weight excluding hydrogens is 294 g/mol. The molecule has 3 rings (SSSR count). The van der Waals surface area contributed by atoms with Crippen molar-refractivity contribution in [1.29, 1.82) is 0 Å². The number of rotatable bonds is 4. The topological polar surface area (TPSA) is 29.1 Å². The van der Waals surface area contributed by atoms with Crippen LogP contribution in [0.4, 0.5) is 0 Å². The molecule has 0 radical (unpaired) electrons. The summed E-state index contributed by atoms with van der Waals surface area (Å²) in [6.07, 6.45) is 0. The van der Waals surface area contributed by atoms with Gasteiger partial charge in [-0.15, -0.1) is 11.3 Å². The van der Waals surface area contributed by atoms with E-state index < -0.39 is 0 Å². The maximum atomic E-state index is 12.2. The largest absolute Gasteiger partial charge is 0.340 e. The van der Waals surface area contributed by atoms with E-state index in [4.69, 9.17) is 0 Å². The zero-order valence-corrected chi connectivity index (χ0v) is 12.4. The van der Waals surface area contributed by atoms with Crippen molar-refractivity contribution < 1.29 is 4.79 Å². The van der Waals surface area contributed by atoms with Crippen molar-refractivity contribution >= 4 is 39.9 Å². The zero-order valence-electron chi connectivity index (χ0n) is 9.91. The first-order chi connectivity index (χ1) is 9.34. The maximum absolute atomic E-state index is 12.2. The molecule has 3 aromatic heterocycles. The van der Waals surface area contributed by atoms with E-state index in [1.54, 1.807) is 22.7 Å². The Kier molecular flexibility index (Phi) is 3.77. The first-order valence-electron chi connectivity index (χ1n) is 5.73. The van der Waals surface area contributed by atoms with Crippen LogP contribution in [-0.2, 0) is 0 Å². The summed E-state index contributed by atoms with van der Waals surface area (Å²) < 4.78 is 0. The number of hydrogen-bond acceptors (Lipinski definition) is 4. The molecule has 5 heteroatoms. The van der Waals surface area contributed by atoms with Crippen molar-refractivity contribution in [1.82, 2.24) is 5.32 Å². The molecule has 1 atom stereocenters. The summed E-state index contributed by atoms with van der Waals surface area (Å²) in [6, 6.07) is 7.91. The third-order valence-electron chi connectivity index (χ3n) is 2.76. The second kappa shape index (κ2) is 5.69. The number of hydrogen-bond donors (Lipinski definition) is 1. The molecule has 96 valence electrons. The summed E-state index contributed by atoms with van der Waals surface area (Å²) in [5.74, 6) is -0.0224. The molecule has 0 bridgehead atoms. The van der Waals surface area contributed by atoms with Crippen LogP contribution in [0.15, 0.2) is 51.2 Å². The molecule has 0 aliphatic carbocycles. The summed E-state index contributed by atoms with van der Waals surface area (Å²) >= 11 is 4.84. The highest BCUT2D eigenvalue weighted by molar-refractivity contribution is 7.10. The van der Waals surface area contributed by atoms with Gasteiger partial charge in [0.05, 0.1) is 11.6 Å². The Balaban J connectivity index is 1.87. The van der Waals surface area contributed by atoms with Crippen LogP contribution in [0.2, 0.25) is 0 Å². The Morgan fingerprint density at radius 1 is 1.05 bits per heavy atom. The molecule has 0 saturated carbocycles. The minimum absolute atomic E-state index is 0.0224. The van der Waals surface area contributed by atoms with Gasteiger partial charge in [-0.2, -0.15) is 22.7 Å². The van der Waals surface area contributed by atoms with Crippen molar-refractivity contribution in [2.75, 3.05) is 0 Å². The third-order valence-corrected chi connectivity index (χ3v) is 5.08. The third kappa shape index (κ3) is 2.78. The Bertz CT molecular complexity index is 592. The number of thiophene rings is 3. The van der Waals surface area contributed by atoms with Crippen LogP contribution in [0.3, 0.4) is 0 Å². The van der Waals surface area contributed by atoms with Gasteiger partial charge in [-0.05, 0) is 45.3 Å². The van der Waals surface area contributed by atoms with E-state index in [9.17, 15) is 4.79 Å². The van der Waals surface area contributed by atoms with Gasteiger partial charge in [0.2, 0.25) is 0 Å². The minimum Gasteiger partial charge on any atom is -0.340 e. The second-order valence-electron chi connectivity index (χ2n) is 3.99. The van der Waals surface area contributed by atoms with Crippen molar-refractivity contribution in [3.05, 3.63) is 67.2 Å². The van der Waals surface area contributed by atoms with Gasteiger partial charge >= 0.3 is 0 Å². The molecule has 2 nitrogen and oxygen atoms in total. The monoisotopic (exact) mass is 305 g/mol. The normalized spacial score (nSPS) is 12.2. The first-order valence-corrected chi connectivity index (χ1v) is 8.49. The molecule has 0 aromatic carbocycles. The van der Waals surface area contributed by atoms with Crippen molar-refractivity contribution in [3.63, 3.8) is 0 Å². The fourth-order valence-electron chi connectivity index (χ4n) is 1.82. The molecule has 0 spiro atoms. The predicted octanol–water partition coefficient (Wildman–Crippen LogP) is 4.39. The molecule has 3 heterocycles. The molecular formula is C14H11NOS3. The first kappa shape index (κ1) is 12.6. The highest BCUT2D eigenvalue weighted by Crippen LogP contribution is 2.28. The molecule has 0 saturated heterocycles. The molecule has 0 unspecified atom stereocenters. The number of amides is 1. The summed E-state index contributed by atoms with van der Waals surface area (Å²) in [7, 11) is 0. The van der Waals surface area contributed by atoms with Gasteiger partial charge in [0.15, 0.2) is 0 Å². The summed E-state index contributed by atoms with van der Waals surface area (Å²) in [5.41, 5.74) is 1.86. The lowest BCUT2D eigenvalue weighted by molar-refractivity contribution is 0.0944. The lowest BCUT2D eigenvalue weighted by Gasteiger charge is -2.16. The van der Waals surface area contributed by atoms with Crippen LogP contribution < -0.4 is 5.32 Å². The molecule has 19 heavy (non-hydrogen) atoms. The van der Waals surface area contributed by atoms with Gasteiger partial charge in [-0.3, -0.25) is 4.79 Å². The smallest absolute Gasteiger partial charge is 0.252 e. The average Bonchev–Trinajstić information content (AvgIpc) is 3.17. The van der Waals surface area contributed by atoms with Crippen LogP contribution in [0.5, 0.6) is 0 Å². The van der Waals surface area contributed by atoms with E-state index in [1.165, 1.54) is 11.3 Å². The van der Waals surface area contributed by atoms with E-state index in [2.05, 4.69) is 22.8 Å². The SMILES string of the molecule is O=C(N[C@@H](c1ccsc1)c1cccs1)c1ccsc1. The molecule has 0 fully saturated rings. The summed E-state index contributed by atoms with van der Waals surface area (Å²) in [4.78, 5) is 13.4. The lowest BCUT2D eigenvalue weighted by atomic mass is 10.1. The van der Waals surface area contributed by atoms with E-state index in [0.29, 0.717) is 0 Å². The standard InChI is InChI=1S/C14H11NOS3/c16-14(11-4-7-18-9-11)15-13(10-3-6-17-8-10)12-2-1-5-19-12/h1-9,13H,(H,15,16)/t13-/m0/s1. The van der Waals surface area contributed by atoms with Gasteiger partial charge in [0.1, 0.15) is 0 Å². The van der Waals surface area contributed by atoms with E-state index in [-0.39, 0.29) is 11.9 Å². The van der Waals surface area contributed by atoms with Crippen molar-refractivity contribution in [2.45, 2.75) is 6.04 Å². The lowest BCUT2D eigenvalue weighted by Crippen LogP contribution is -2.28. The fourth-order valence-corrected chi connectivity index (χ4v) is 3.95. The number of nitrogens with one attached hydrogen (secondary N) is 1. The molecule has 0 aliphatic heterocycles. The quantitative estimate of drug-likeness (QED) is 0.761. The van der Waals surface area contributed by atoms with E-state index in [0.717, 1.165) is 16.0 Å². The minimum atomic E-state index is -0.0568. The molecule has 1 N–H and O–H groups in total. The Morgan fingerprint density at radius 3 is 2.53 bits per heavy atom. The molecule has 1 amide bonds. The molecule has 3 aromatic rings. The Morgan fingerprint density at radius 2 is 1.89 bits per heavy atom. The van der Waals surface area contributed by atoms with E-state index >= 15 is 0 Å². The predicted molar refractivity (Wildman–Crippen MR) is 82.3 cm³/mol. The average molecular weight is 305 g/mol. The van der Waals surface area contributed by atoms with Crippen LogP contribution in [-0.4, -0.2) is 5.91 Å². The van der Waals surface area contributed by atoms with Crippen molar-refractivity contribution in [2.24, 2.45) is 0 Å². The molecule has 0 aliphatic rings. The van der Waals surface area contributed by atoms with Crippen molar-refractivity contribution in [3.8, 4) is 0 Å². The summed E-state index contributed by atoms with van der Waals surface area (Å²) in [6.45, 7) is 0. The number of carbonyl (C=O) groups is 1. The van der Waals surface area contributed by atoms with Gasteiger partial charge in [0.25, 0.3) is 5.91 Å². The van der Waals surface area contributed by atoms with Gasteiger partial charge in [-0.1, -0.05) is 6.07 Å². The Labute approximate surface area is 123 Å².